The van der Waals surface area contributed by atoms with E-state index in [0.717, 1.165) is 0 Å². The van der Waals surface area contributed by atoms with Crippen LogP contribution in [-0.4, -0.2) is 52.7 Å². The van der Waals surface area contributed by atoms with Gasteiger partial charge in [-0.1, -0.05) is 13.8 Å². The van der Waals surface area contributed by atoms with Gasteiger partial charge in [0.15, 0.2) is 20.9 Å². The molecule has 0 aromatic rings. The highest BCUT2D eigenvalue weighted by Crippen LogP contribution is 2.35. The minimum atomic E-state index is -3.56. The molecule has 26 heavy (non-hydrogen) atoms. The van der Waals surface area contributed by atoms with E-state index < -0.39 is 50.1 Å². The van der Waals surface area contributed by atoms with Crippen molar-refractivity contribution >= 4 is 24.2 Å². The van der Waals surface area contributed by atoms with Crippen LogP contribution in [0, 0.1) is 5.92 Å². The van der Waals surface area contributed by atoms with Gasteiger partial charge in [-0.3, -0.25) is 0 Å². The van der Waals surface area contributed by atoms with Gasteiger partial charge in [0.25, 0.3) is 0 Å². The van der Waals surface area contributed by atoms with E-state index in [4.69, 9.17) is 23.4 Å². The molecule has 0 aliphatic heterocycles. The molecule has 0 aromatic carbocycles. The van der Waals surface area contributed by atoms with Gasteiger partial charge in [-0.15, -0.1) is 0 Å². The average Bonchev–Trinajstić information content (AvgIpc) is 2.45. The lowest BCUT2D eigenvalue weighted by atomic mass is 10.1. The van der Waals surface area contributed by atoms with E-state index in [0.29, 0.717) is 0 Å². The summed E-state index contributed by atoms with van der Waals surface area (Å²) in [5, 5.41) is 0. The molecule has 0 aliphatic rings. The molecule has 2 atom stereocenters. The van der Waals surface area contributed by atoms with Crippen molar-refractivity contribution in [2.24, 2.45) is 5.92 Å². The summed E-state index contributed by atoms with van der Waals surface area (Å²) in [6, 6.07) is 0. The fraction of sp³-hybridized carbons (Fsp3) is 0.867. The molecule has 0 rings (SSSR count). The average molecular weight is 471 g/mol. The number of rotatable bonds is 13. The maximum absolute atomic E-state index is 13.8. The van der Waals surface area contributed by atoms with Crippen LogP contribution in [0.3, 0.4) is 0 Å². The van der Waals surface area contributed by atoms with Crippen molar-refractivity contribution in [1.29, 1.82) is 0 Å². The highest BCUT2D eigenvalue weighted by molar-refractivity contribution is 9.10. The van der Waals surface area contributed by atoms with Crippen molar-refractivity contribution in [2.45, 2.75) is 50.7 Å². The van der Waals surface area contributed by atoms with Crippen LogP contribution < -0.4 is 0 Å². The Hall–Kier alpha value is -0.203. The lowest BCUT2D eigenvalue weighted by Crippen LogP contribution is -2.45. The normalized spacial score (nSPS) is 15.1. The SMILES string of the molecule is COCCOCOC(=C(F)F)C(OC(O[Si](C)(C)C)C(F)(F)Br)C(C)C. The van der Waals surface area contributed by atoms with E-state index in [1.54, 1.807) is 33.5 Å². The molecule has 0 fully saturated rings. The molecule has 0 aliphatic carbocycles. The zero-order chi connectivity index (χ0) is 20.5. The number of hydrogen-bond acceptors (Lipinski definition) is 5. The van der Waals surface area contributed by atoms with Gasteiger partial charge in [-0.2, -0.15) is 17.6 Å². The maximum Gasteiger partial charge on any atom is 0.350 e. The summed E-state index contributed by atoms with van der Waals surface area (Å²) in [5.41, 5.74) is 0. The van der Waals surface area contributed by atoms with Crippen molar-refractivity contribution in [2.75, 3.05) is 27.1 Å². The molecule has 5 nitrogen and oxygen atoms in total. The molecule has 0 radical (unpaired) electrons. The first-order valence-corrected chi connectivity index (χ1v) is 12.1. The van der Waals surface area contributed by atoms with Gasteiger partial charge in [0.1, 0.15) is 6.10 Å². The Kier molecular flexibility index (Phi) is 11.5. The van der Waals surface area contributed by atoms with Gasteiger partial charge in [-0.25, -0.2) is 0 Å². The monoisotopic (exact) mass is 470 g/mol. The summed E-state index contributed by atoms with van der Waals surface area (Å²) >= 11 is 2.20. The first-order chi connectivity index (χ1) is 11.8. The van der Waals surface area contributed by atoms with Crippen LogP contribution in [-0.2, 0) is 23.4 Å². The molecule has 0 saturated carbocycles. The molecule has 0 aromatic heterocycles. The zero-order valence-electron chi connectivity index (χ0n) is 15.8. The quantitative estimate of drug-likeness (QED) is 0.0952. The Balaban J connectivity index is 5.27. The van der Waals surface area contributed by atoms with Gasteiger partial charge in [0.05, 0.1) is 13.2 Å². The molecule has 0 bridgehead atoms. The van der Waals surface area contributed by atoms with Crippen LogP contribution in [0.1, 0.15) is 13.8 Å². The highest BCUT2D eigenvalue weighted by Gasteiger charge is 2.44. The van der Waals surface area contributed by atoms with E-state index in [2.05, 4.69) is 15.9 Å². The zero-order valence-corrected chi connectivity index (χ0v) is 18.4. The largest absolute Gasteiger partial charge is 0.463 e. The van der Waals surface area contributed by atoms with Crippen molar-refractivity contribution < 1.29 is 40.9 Å². The van der Waals surface area contributed by atoms with Gasteiger partial charge >= 0.3 is 10.9 Å². The van der Waals surface area contributed by atoms with E-state index in [1.807, 2.05) is 0 Å². The fourth-order valence-corrected chi connectivity index (χ4v) is 2.92. The third-order valence-electron chi connectivity index (χ3n) is 2.78. The van der Waals surface area contributed by atoms with Crippen LogP contribution in [0.15, 0.2) is 11.8 Å². The molecule has 2 unspecified atom stereocenters. The number of halogens is 5. The second kappa shape index (κ2) is 11.6. The molecule has 156 valence electrons. The summed E-state index contributed by atoms with van der Waals surface area (Å²) < 4.78 is 79.5. The first kappa shape index (κ1) is 25.8. The Morgan fingerprint density at radius 3 is 2.08 bits per heavy atom. The summed E-state index contributed by atoms with van der Waals surface area (Å²) in [5.74, 6) is -1.45. The van der Waals surface area contributed by atoms with Gasteiger partial charge in [0, 0.05) is 7.11 Å². The predicted octanol–water partition coefficient (Wildman–Crippen LogP) is 4.94. The molecule has 0 saturated heterocycles. The lowest BCUT2D eigenvalue weighted by molar-refractivity contribution is -0.211. The summed E-state index contributed by atoms with van der Waals surface area (Å²) in [4.78, 5) is -3.56. The standard InChI is InChI=1S/C15H27BrF4O5Si/c1-10(2)11(12(13(17)18)23-9-22-8-7-21-3)24-14(15(16,19)20)25-26(4,5)6/h10-11,14H,7-9H2,1-6H3. The topological polar surface area (TPSA) is 46.2 Å². The molecule has 0 N–H and O–H groups in total. The number of hydrogen-bond donors (Lipinski definition) is 0. The van der Waals surface area contributed by atoms with E-state index >= 15 is 0 Å². The molecule has 0 heterocycles. The minimum Gasteiger partial charge on any atom is -0.463 e. The second-order valence-corrected chi connectivity index (χ2v) is 12.2. The maximum atomic E-state index is 13.8. The first-order valence-electron chi connectivity index (χ1n) is 7.94. The van der Waals surface area contributed by atoms with E-state index in [-0.39, 0.29) is 13.2 Å². The number of alkyl halides is 3. The van der Waals surface area contributed by atoms with Crippen molar-refractivity contribution in [3.8, 4) is 0 Å². The van der Waals surface area contributed by atoms with Gasteiger partial charge in [-0.05, 0) is 41.5 Å². The van der Waals surface area contributed by atoms with Crippen molar-refractivity contribution in [3.63, 3.8) is 0 Å². The van der Waals surface area contributed by atoms with E-state index in [9.17, 15) is 17.6 Å². The Labute approximate surface area is 161 Å². The van der Waals surface area contributed by atoms with Crippen molar-refractivity contribution in [3.05, 3.63) is 11.8 Å². The predicted molar refractivity (Wildman–Crippen MR) is 94.8 cm³/mol. The van der Waals surface area contributed by atoms with Gasteiger partial charge < -0.3 is 23.4 Å². The molecule has 0 spiro atoms. The van der Waals surface area contributed by atoms with Crippen molar-refractivity contribution in [1.82, 2.24) is 0 Å². The minimum absolute atomic E-state index is 0.131. The summed E-state index contributed by atoms with van der Waals surface area (Å²) in [7, 11) is -0.995. The van der Waals surface area contributed by atoms with Crippen LogP contribution >= 0.6 is 15.9 Å². The van der Waals surface area contributed by atoms with Crippen LogP contribution in [0.25, 0.3) is 0 Å². The molecule has 11 heteroatoms. The smallest absolute Gasteiger partial charge is 0.350 e. The second-order valence-electron chi connectivity index (χ2n) is 6.69. The Morgan fingerprint density at radius 2 is 1.69 bits per heavy atom. The third kappa shape index (κ3) is 10.8. The molecular weight excluding hydrogens is 444 g/mol. The highest BCUT2D eigenvalue weighted by atomic mass is 79.9. The fourth-order valence-electron chi connectivity index (χ4n) is 1.70. The molecular formula is C15H27BrF4O5Si. The number of ether oxygens (including phenoxy) is 4. The van der Waals surface area contributed by atoms with Crippen LogP contribution in [0.5, 0.6) is 0 Å². The summed E-state index contributed by atoms with van der Waals surface area (Å²) in [6.45, 7) is 8.02. The third-order valence-corrected chi connectivity index (χ3v) is 4.07. The van der Waals surface area contributed by atoms with E-state index in [1.165, 1.54) is 7.11 Å². The van der Waals surface area contributed by atoms with Crippen LogP contribution in [0.4, 0.5) is 17.6 Å². The van der Waals surface area contributed by atoms with Crippen LogP contribution in [0.2, 0.25) is 19.6 Å². The Bertz CT molecular complexity index is 437. The Morgan fingerprint density at radius 1 is 1.12 bits per heavy atom. The molecule has 0 amide bonds. The lowest BCUT2D eigenvalue weighted by Gasteiger charge is -2.34. The summed E-state index contributed by atoms with van der Waals surface area (Å²) in [6.07, 6.45) is -5.67. The van der Waals surface area contributed by atoms with Gasteiger partial charge in [0.2, 0.25) is 6.29 Å². The number of methoxy groups -OCH3 is 1.